The Labute approximate surface area is 122 Å². The van der Waals surface area contributed by atoms with E-state index in [1.54, 1.807) is 0 Å². The monoisotopic (exact) mass is 283 g/mol. The Bertz CT molecular complexity index is 303. The zero-order valence-corrected chi connectivity index (χ0v) is 12.5. The van der Waals surface area contributed by atoms with E-state index in [4.69, 9.17) is 10.8 Å². The molecule has 2 heterocycles. The molecule has 0 radical (unpaired) electrons. The first kappa shape index (κ1) is 15.7. The molecule has 0 aromatic carbocycles. The predicted molar refractivity (Wildman–Crippen MR) is 79.3 cm³/mol. The lowest BCUT2D eigenvalue weighted by atomic mass is 10.0. The van der Waals surface area contributed by atoms with Gasteiger partial charge in [0.15, 0.2) is 0 Å². The van der Waals surface area contributed by atoms with E-state index in [-0.39, 0.29) is 11.9 Å². The number of hydrogen-bond donors (Lipinski definition) is 2. The summed E-state index contributed by atoms with van der Waals surface area (Å²) in [5.74, 6) is -0.145. The number of nitrogens with zero attached hydrogens (tertiary/aromatic N) is 2. The van der Waals surface area contributed by atoms with Crippen molar-refractivity contribution in [2.75, 3.05) is 32.8 Å². The lowest BCUT2D eigenvalue weighted by Gasteiger charge is -2.38. The first-order chi connectivity index (χ1) is 9.72. The number of piperidine rings is 1. The van der Waals surface area contributed by atoms with E-state index in [0.29, 0.717) is 12.6 Å². The number of hydrogen-bond acceptors (Lipinski definition) is 4. The molecule has 5 nitrogen and oxygen atoms in total. The summed E-state index contributed by atoms with van der Waals surface area (Å²) in [6.45, 7) is 4.75. The SMILES string of the molecule is NC(=O)C1CCCN1C1CCN(CCCCCO)CC1. The van der Waals surface area contributed by atoms with Crippen LogP contribution in [0.1, 0.15) is 44.9 Å². The van der Waals surface area contributed by atoms with Gasteiger partial charge in [-0.25, -0.2) is 0 Å². The van der Waals surface area contributed by atoms with Crippen LogP contribution in [0.3, 0.4) is 0 Å². The van der Waals surface area contributed by atoms with Crippen molar-refractivity contribution < 1.29 is 9.90 Å². The smallest absolute Gasteiger partial charge is 0.234 e. The summed E-state index contributed by atoms with van der Waals surface area (Å²) < 4.78 is 0. The normalized spacial score (nSPS) is 26.1. The molecule has 0 bridgehead atoms. The van der Waals surface area contributed by atoms with Gasteiger partial charge in [0.2, 0.25) is 5.91 Å². The molecule has 0 aromatic heterocycles. The van der Waals surface area contributed by atoms with Crippen molar-refractivity contribution >= 4 is 5.91 Å². The number of carbonyl (C=O) groups excluding carboxylic acids is 1. The van der Waals surface area contributed by atoms with Crippen LogP contribution in [0.4, 0.5) is 0 Å². The molecule has 2 rings (SSSR count). The van der Waals surface area contributed by atoms with E-state index in [2.05, 4.69) is 9.80 Å². The Morgan fingerprint density at radius 3 is 2.50 bits per heavy atom. The van der Waals surface area contributed by atoms with Crippen LogP contribution in [0.5, 0.6) is 0 Å². The fourth-order valence-electron chi connectivity index (χ4n) is 3.63. The molecule has 2 saturated heterocycles. The molecule has 1 amide bonds. The molecule has 0 spiro atoms. The van der Waals surface area contributed by atoms with E-state index in [9.17, 15) is 4.79 Å². The van der Waals surface area contributed by atoms with Gasteiger partial charge in [0, 0.05) is 12.6 Å². The maximum absolute atomic E-state index is 11.5. The number of likely N-dealkylation sites (tertiary alicyclic amines) is 2. The van der Waals surface area contributed by atoms with Crippen molar-refractivity contribution in [2.45, 2.75) is 57.0 Å². The second kappa shape index (κ2) is 7.96. The first-order valence-corrected chi connectivity index (χ1v) is 8.10. The van der Waals surface area contributed by atoms with Crippen molar-refractivity contribution in [1.29, 1.82) is 0 Å². The molecule has 1 unspecified atom stereocenters. The summed E-state index contributed by atoms with van der Waals surface area (Å²) in [5, 5.41) is 8.77. The summed E-state index contributed by atoms with van der Waals surface area (Å²) in [7, 11) is 0. The van der Waals surface area contributed by atoms with Crippen molar-refractivity contribution in [3.63, 3.8) is 0 Å². The van der Waals surface area contributed by atoms with E-state index in [0.717, 1.165) is 64.7 Å². The highest BCUT2D eigenvalue weighted by molar-refractivity contribution is 5.80. The average molecular weight is 283 g/mol. The molecule has 20 heavy (non-hydrogen) atoms. The van der Waals surface area contributed by atoms with Crippen molar-refractivity contribution in [3.05, 3.63) is 0 Å². The molecule has 2 fully saturated rings. The number of aliphatic hydroxyl groups is 1. The summed E-state index contributed by atoms with van der Waals surface area (Å²) in [6.07, 6.45) is 7.58. The van der Waals surface area contributed by atoms with Gasteiger partial charge in [-0.15, -0.1) is 0 Å². The van der Waals surface area contributed by atoms with Gasteiger partial charge >= 0.3 is 0 Å². The van der Waals surface area contributed by atoms with Crippen LogP contribution in [0.2, 0.25) is 0 Å². The third kappa shape index (κ3) is 4.17. The van der Waals surface area contributed by atoms with Crippen LogP contribution in [-0.2, 0) is 4.79 Å². The van der Waals surface area contributed by atoms with Gasteiger partial charge in [0.05, 0.1) is 6.04 Å². The molecule has 3 N–H and O–H groups in total. The van der Waals surface area contributed by atoms with Crippen LogP contribution < -0.4 is 5.73 Å². The highest BCUT2D eigenvalue weighted by atomic mass is 16.2. The fraction of sp³-hybridized carbons (Fsp3) is 0.933. The molecule has 2 aliphatic rings. The van der Waals surface area contributed by atoms with Gasteiger partial charge in [-0.2, -0.15) is 0 Å². The van der Waals surface area contributed by atoms with E-state index in [1.807, 2.05) is 0 Å². The minimum atomic E-state index is -0.145. The number of unbranched alkanes of at least 4 members (excludes halogenated alkanes) is 2. The second-order valence-electron chi connectivity index (χ2n) is 6.16. The highest BCUT2D eigenvalue weighted by Gasteiger charge is 2.35. The predicted octanol–water partition coefficient (Wildman–Crippen LogP) is 0.563. The molecular weight excluding hydrogens is 254 g/mol. The van der Waals surface area contributed by atoms with Crippen LogP contribution in [0.25, 0.3) is 0 Å². The van der Waals surface area contributed by atoms with E-state index in [1.165, 1.54) is 6.42 Å². The number of rotatable bonds is 7. The fourth-order valence-corrected chi connectivity index (χ4v) is 3.63. The standard InChI is InChI=1S/C15H29N3O2/c16-15(20)14-5-4-9-18(14)13-6-10-17(11-7-13)8-2-1-3-12-19/h13-14,19H,1-12H2,(H2,16,20). The number of nitrogens with two attached hydrogens (primary N) is 1. The van der Waals surface area contributed by atoms with Gasteiger partial charge in [-0.3, -0.25) is 9.69 Å². The minimum absolute atomic E-state index is 0.0175. The number of amides is 1. The minimum Gasteiger partial charge on any atom is -0.396 e. The Morgan fingerprint density at radius 2 is 1.85 bits per heavy atom. The second-order valence-corrected chi connectivity index (χ2v) is 6.16. The lowest BCUT2D eigenvalue weighted by Crippen LogP contribution is -2.50. The highest BCUT2D eigenvalue weighted by Crippen LogP contribution is 2.25. The summed E-state index contributed by atoms with van der Waals surface area (Å²) in [5.41, 5.74) is 5.50. The molecule has 5 heteroatoms. The average Bonchev–Trinajstić information content (AvgIpc) is 2.94. The quantitative estimate of drug-likeness (QED) is 0.670. The van der Waals surface area contributed by atoms with E-state index >= 15 is 0 Å². The molecule has 1 atom stereocenters. The molecule has 116 valence electrons. The van der Waals surface area contributed by atoms with Crippen molar-refractivity contribution in [3.8, 4) is 0 Å². The van der Waals surface area contributed by atoms with Gasteiger partial charge in [0.1, 0.15) is 0 Å². The van der Waals surface area contributed by atoms with Crippen LogP contribution in [-0.4, -0.2) is 65.7 Å². The Morgan fingerprint density at radius 1 is 1.10 bits per heavy atom. The Hall–Kier alpha value is -0.650. The van der Waals surface area contributed by atoms with Gasteiger partial charge in [0.25, 0.3) is 0 Å². The third-order valence-electron chi connectivity index (χ3n) is 4.78. The topological polar surface area (TPSA) is 69.8 Å². The lowest BCUT2D eigenvalue weighted by molar-refractivity contribution is -0.123. The molecular formula is C15H29N3O2. The van der Waals surface area contributed by atoms with Crippen molar-refractivity contribution in [2.24, 2.45) is 5.73 Å². The van der Waals surface area contributed by atoms with Crippen LogP contribution in [0.15, 0.2) is 0 Å². The van der Waals surface area contributed by atoms with E-state index < -0.39 is 0 Å². The molecule has 0 saturated carbocycles. The zero-order valence-electron chi connectivity index (χ0n) is 12.5. The number of aliphatic hydroxyl groups excluding tert-OH is 1. The van der Waals surface area contributed by atoms with Gasteiger partial charge < -0.3 is 15.7 Å². The maximum Gasteiger partial charge on any atom is 0.234 e. The van der Waals surface area contributed by atoms with Crippen LogP contribution in [0, 0.1) is 0 Å². The largest absolute Gasteiger partial charge is 0.396 e. The summed E-state index contributed by atoms with van der Waals surface area (Å²) >= 11 is 0. The molecule has 2 aliphatic heterocycles. The zero-order chi connectivity index (χ0) is 14.4. The first-order valence-electron chi connectivity index (χ1n) is 8.10. The Balaban J connectivity index is 1.70. The Kier molecular flexibility index (Phi) is 6.26. The van der Waals surface area contributed by atoms with Crippen molar-refractivity contribution in [1.82, 2.24) is 9.80 Å². The summed E-state index contributed by atoms with van der Waals surface area (Å²) in [4.78, 5) is 16.3. The third-order valence-corrected chi connectivity index (χ3v) is 4.78. The summed E-state index contributed by atoms with van der Waals surface area (Å²) in [6, 6.07) is 0.528. The van der Waals surface area contributed by atoms with Gasteiger partial charge in [-0.1, -0.05) is 0 Å². The van der Waals surface area contributed by atoms with Crippen LogP contribution >= 0.6 is 0 Å². The number of primary amides is 1. The maximum atomic E-state index is 11.5. The molecule has 0 aromatic rings. The number of carbonyl (C=O) groups is 1. The molecule has 0 aliphatic carbocycles. The van der Waals surface area contributed by atoms with Gasteiger partial charge in [-0.05, 0) is 71.1 Å².